The molecule has 232 valence electrons. The van der Waals surface area contributed by atoms with E-state index >= 15 is 0 Å². The van der Waals surface area contributed by atoms with Gasteiger partial charge < -0.3 is 29.7 Å². The zero-order valence-corrected chi connectivity index (χ0v) is 27.5. The highest BCUT2D eigenvalue weighted by Gasteiger charge is 2.27. The van der Waals surface area contributed by atoms with Crippen molar-refractivity contribution in [3.63, 3.8) is 0 Å². The van der Waals surface area contributed by atoms with Crippen molar-refractivity contribution in [2.45, 2.75) is 39.2 Å². The fourth-order valence-electron chi connectivity index (χ4n) is 6.16. The maximum Gasteiger partial charge on any atom is 0.229 e. The fourth-order valence-corrected chi connectivity index (χ4v) is 8.36. The minimum absolute atomic E-state index is 0.376. The highest BCUT2D eigenvalue weighted by Crippen LogP contribution is 2.46. The van der Waals surface area contributed by atoms with Gasteiger partial charge in [0.15, 0.2) is 5.82 Å². The van der Waals surface area contributed by atoms with E-state index in [1.54, 1.807) is 13.3 Å². The largest absolute Gasteiger partial charge is 0.494 e. The highest BCUT2D eigenvalue weighted by atomic mass is 35.5. The van der Waals surface area contributed by atoms with Crippen LogP contribution in [0, 0.1) is 0 Å². The van der Waals surface area contributed by atoms with Crippen LogP contribution < -0.4 is 25.6 Å². The van der Waals surface area contributed by atoms with Gasteiger partial charge >= 0.3 is 0 Å². The molecule has 11 heteroatoms. The predicted molar refractivity (Wildman–Crippen MR) is 180 cm³/mol. The Hall–Kier alpha value is -2.84. The number of methoxy groups -OCH3 is 1. The summed E-state index contributed by atoms with van der Waals surface area (Å²) in [5, 5.41) is 7.81. The molecule has 9 nitrogen and oxygen atoms in total. The van der Waals surface area contributed by atoms with E-state index in [1.165, 1.54) is 38.9 Å². The Bertz CT molecular complexity index is 1420. The van der Waals surface area contributed by atoms with Gasteiger partial charge in [-0.2, -0.15) is 4.98 Å². The summed E-state index contributed by atoms with van der Waals surface area (Å²) in [7, 11) is 1.39. The molecule has 2 aromatic carbocycles. The number of ether oxygens (including phenoxy) is 1. The number of nitrogens with one attached hydrogen (secondary N) is 2. The number of aromatic nitrogens is 2. The van der Waals surface area contributed by atoms with Crippen LogP contribution in [-0.4, -0.2) is 91.6 Å². The van der Waals surface area contributed by atoms with Crippen LogP contribution in [0.4, 0.5) is 28.8 Å². The summed E-state index contributed by atoms with van der Waals surface area (Å²) in [6, 6.07) is 14.6. The van der Waals surface area contributed by atoms with Gasteiger partial charge in [-0.05, 0) is 63.7 Å². The molecule has 0 radical (unpaired) electrons. The zero-order chi connectivity index (χ0) is 30.4. The Morgan fingerprint density at radius 3 is 2.49 bits per heavy atom. The lowest BCUT2D eigenvalue weighted by molar-refractivity contribution is 0.174. The van der Waals surface area contributed by atoms with E-state index < -0.39 is 7.14 Å². The third-order valence-electron chi connectivity index (χ3n) is 8.89. The summed E-state index contributed by atoms with van der Waals surface area (Å²) >= 11 is 6.50. The number of hydrogen-bond donors (Lipinski definition) is 2. The van der Waals surface area contributed by atoms with Gasteiger partial charge in [0.2, 0.25) is 5.95 Å². The van der Waals surface area contributed by atoms with Crippen molar-refractivity contribution in [1.29, 1.82) is 0 Å². The normalized spacial score (nSPS) is 17.5. The lowest BCUT2D eigenvalue weighted by Crippen LogP contribution is -2.46. The fraction of sp³-hybridized carbons (Fsp3) is 0.500. The number of rotatable bonds is 10. The maximum absolute atomic E-state index is 13.5. The van der Waals surface area contributed by atoms with Crippen LogP contribution in [0.3, 0.4) is 0 Å². The smallest absolute Gasteiger partial charge is 0.229 e. The summed E-state index contributed by atoms with van der Waals surface area (Å²) in [4.78, 5) is 16.7. The first-order valence-electron chi connectivity index (χ1n) is 15.4. The van der Waals surface area contributed by atoms with Gasteiger partial charge in [0.05, 0.1) is 24.7 Å². The Morgan fingerprint density at radius 1 is 0.977 bits per heavy atom. The second-order valence-corrected chi connectivity index (χ2v) is 15.4. The standard InChI is InChI=1S/C32H45ClN7O2P/c1-5-43(41,6-2)30-11-8-7-10-28(30)35-31-26(33)23-34-32(37-31)36-27-13-12-25(22-29(27)42-4)40-18-14-24(15-19-40)39-17-9-16-38(3)20-21-39/h7-8,10-13,22-24H,5-6,9,14-21H2,1-4H3,(H2,34,35,36,37). The third-order valence-corrected chi connectivity index (χ3v) is 12.5. The topological polar surface area (TPSA) is 85.9 Å². The van der Waals surface area contributed by atoms with Crippen molar-refractivity contribution >= 4 is 52.9 Å². The number of benzene rings is 2. The molecule has 0 unspecified atom stereocenters. The Balaban J connectivity index is 1.27. The van der Waals surface area contributed by atoms with E-state index in [0.717, 1.165) is 47.8 Å². The molecule has 0 spiro atoms. The van der Waals surface area contributed by atoms with E-state index in [1.807, 2.05) is 44.2 Å². The zero-order valence-electron chi connectivity index (χ0n) is 25.9. The Kier molecular flexibility index (Phi) is 10.5. The van der Waals surface area contributed by atoms with Crippen molar-refractivity contribution in [2.24, 2.45) is 0 Å². The molecule has 0 bridgehead atoms. The number of likely N-dealkylation sites (N-methyl/N-ethyl adjacent to an activating group) is 1. The molecular weight excluding hydrogens is 581 g/mol. The molecule has 0 atom stereocenters. The summed E-state index contributed by atoms with van der Waals surface area (Å²) in [6.07, 6.45) is 6.36. The summed E-state index contributed by atoms with van der Waals surface area (Å²) in [5.74, 6) is 1.55. The lowest BCUT2D eigenvalue weighted by atomic mass is 10.0. The summed E-state index contributed by atoms with van der Waals surface area (Å²) in [6.45, 7) is 10.7. The van der Waals surface area contributed by atoms with E-state index in [9.17, 15) is 4.57 Å². The van der Waals surface area contributed by atoms with Crippen LogP contribution in [0.2, 0.25) is 5.02 Å². The molecule has 2 saturated heterocycles. The Labute approximate surface area is 261 Å². The number of hydrogen-bond acceptors (Lipinski definition) is 9. The molecular formula is C32H45ClN7O2P. The second-order valence-electron chi connectivity index (χ2n) is 11.5. The molecule has 2 fully saturated rings. The van der Waals surface area contributed by atoms with Crippen LogP contribution >= 0.6 is 18.7 Å². The van der Waals surface area contributed by atoms with Crippen molar-refractivity contribution in [2.75, 3.05) is 81.3 Å². The van der Waals surface area contributed by atoms with Crippen LogP contribution in [0.1, 0.15) is 33.1 Å². The molecule has 0 aliphatic carbocycles. The second kappa shape index (κ2) is 14.3. The van der Waals surface area contributed by atoms with Crippen molar-refractivity contribution < 1.29 is 9.30 Å². The van der Waals surface area contributed by atoms with Gasteiger partial charge in [-0.15, -0.1) is 0 Å². The molecule has 0 saturated carbocycles. The van der Waals surface area contributed by atoms with E-state index in [4.69, 9.17) is 16.3 Å². The SMILES string of the molecule is CCP(=O)(CC)c1ccccc1Nc1nc(Nc2ccc(N3CCC(N4CCCN(C)CC4)CC3)cc2OC)ncc1Cl. The van der Waals surface area contributed by atoms with E-state index in [-0.39, 0.29) is 0 Å². The van der Waals surface area contributed by atoms with Crippen molar-refractivity contribution in [3.05, 3.63) is 53.7 Å². The molecule has 2 aliphatic heterocycles. The molecule has 3 aromatic rings. The number of anilines is 5. The molecule has 1 aromatic heterocycles. The minimum atomic E-state index is -2.52. The molecule has 2 N–H and O–H groups in total. The maximum atomic E-state index is 13.5. The minimum Gasteiger partial charge on any atom is -0.494 e. The van der Waals surface area contributed by atoms with E-state index in [2.05, 4.69) is 54.5 Å². The van der Waals surface area contributed by atoms with Gasteiger partial charge in [-0.25, -0.2) is 4.98 Å². The number of nitrogens with zero attached hydrogens (tertiary/aromatic N) is 5. The first-order chi connectivity index (χ1) is 20.8. The monoisotopic (exact) mass is 625 g/mol. The lowest BCUT2D eigenvalue weighted by Gasteiger charge is -2.39. The molecule has 5 rings (SSSR count). The molecule has 0 amide bonds. The first kappa shape index (κ1) is 31.6. The molecule has 43 heavy (non-hydrogen) atoms. The Morgan fingerprint density at radius 2 is 1.74 bits per heavy atom. The van der Waals surface area contributed by atoms with Gasteiger partial charge in [0.1, 0.15) is 17.9 Å². The number of piperidine rings is 1. The average Bonchev–Trinajstić information content (AvgIpc) is 3.27. The van der Waals surface area contributed by atoms with Gasteiger partial charge in [-0.1, -0.05) is 37.6 Å². The number of halogens is 1. The van der Waals surface area contributed by atoms with E-state index in [0.29, 0.717) is 35.2 Å². The summed E-state index contributed by atoms with van der Waals surface area (Å²) < 4.78 is 19.3. The van der Waals surface area contributed by atoms with Gasteiger partial charge in [0.25, 0.3) is 0 Å². The van der Waals surface area contributed by atoms with Crippen LogP contribution in [0.15, 0.2) is 48.7 Å². The average molecular weight is 626 g/mol. The first-order valence-corrected chi connectivity index (χ1v) is 17.9. The molecule has 2 aliphatic rings. The molecule has 3 heterocycles. The summed E-state index contributed by atoms with van der Waals surface area (Å²) in [5.41, 5.74) is 2.67. The van der Waals surface area contributed by atoms with Crippen LogP contribution in [-0.2, 0) is 4.57 Å². The van der Waals surface area contributed by atoms with Crippen LogP contribution in [0.5, 0.6) is 5.75 Å². The highest BCUT2D eigenvalue weighted by molar-refractivity contribution is 7.71. The van der Waals surface area contributed by atoms with Gasteiger partial charge in [0, 0.05) is 61.6 Å². The predicted octanol–water partition coefficient (Wildman–Crippen LogP) is 6.26. The van der Waals surface area contributed by atoms with Gasteiger partial charge in [-0.3, -0.25) is 4.90 Å². The quantitative estimate of drug-likeness (QED) is 0.254. The van der Waals surface area contributed by atoms with Crippen LogP contribution in [0.25, 0.3) is 0 Å². The van der Waals surface area contributed by atoms with Crippen molar-refractivity contribution in [3.8, 4) is 5.75 Å². The van der Waals surface area contributed by atoms with Crippen molar-refractivity contribution in [1.82, 2.24) is 19.8 Å². The number of para-hydroxylation sites is 1. The third kappa shape index (κ3) is 7.46.